The third-order valence-electron chi connectivity index (χ3n) is 4.81. The number of rotatable bonds is 7. The number of hydrogen-bond donors (Lipinski definition) is 2. The summed E-state index contributed by atoms with van der Waals surface area (Å²) in [6, 6.07) is 12.5. The largest absolute Gasteiger partial charge is 0.454 e. The Morgan fingerprint density at radius 1 is 1.17 bits per heavy atom. The number of carbonyl (C=O) groups is 2. The zero-order valence-corrected chi connectivity index (χ0v) is 17.4. The number of carbonyl (C=O) groups excluding carboxylic acids is 2. The summed E-state index contributed by atoms with van der Waals surface area (Å²) in [7, 11) is 1.31. The molecule has 1 aliphatic rings. The van der Waals surface area contributed by atoms with Gasteiger partial charge in [0.1, 0.15) is 0 Å². The van der Waals surface area contributed by atoms with Gasteiger partial charge >= 0.3 is 6.09 Å². The van der Waals surface area contributed by atoms with Crippen molar-refractivity contribution in [3.8, 4) is 11.5 Å². The van der Waals surface area contributed by atoms with Crippen LogP contribution in [0.3, 0.4) is 0 Å². The fraction of sp³-hybridized carbons (Fsp3) is 0.364. The lowest BCUT2D eigenvalue weighted by Crippen LogP contribution is -2.41. The molecule has 2 amide bonds. The molecule has 0 unspecified atom stereocenters. The summed E-state index contributed by atoms with van der Waals surface area (Å²) in [6.45, 7) is 5.43. The van der Waals surface area contributed by atoms with Crippen molar-refractivity contribution in [3.63, 3.8) is 0 Å². The third kappa shape index (κ3) is 5.21. The highest BCUT2D eigenvalue weighted by atomic mass is 16.7. The SMILES string of the molecule is COC(=O)Nc1cccc(CN(CC(C)(C)CN)C(=O)c2ccc3c(c2)OCO3)c1. The summed E-state index contributed by atoms with van der Waals surface area (Å²) in [5.74, 6) is 1.05. The average molecular weight is 413 g/mol. The van der Waals surface area contributed by atoms with E-state index in [4.69, 9.17) is 15.2 Å². The summed E-state index contributed by atoms with van der Waals surface area (Å²) in [5.41, 5.74) is 7.62. The molecule has 0 aliphatic carbocycles. The van der Waals surface area contributed by atoms with Crippen LogP contribution in [0, 0.1) is 5.41 Å². The summed E-state index contributed by atoms with van der Waals surface area (Å²) >= 11 is 0. The predicted molar refractivity (Wildman–Crippen MR) is 113 cm³/mol. The number of nitrogens with zero attached hydrogens (tertiary/aromatic N) is 1. The van der Waals surface area contributed by atoms with Crippen molar-refractivity contribution in [2.45, 2.75) is 20.4 Å². The van der Waals surface area contributed by atoms with Crippen LogP contribution in [0.5, 0.6) is 11.5 Å². The molecule has 8 heteroatoms. The minimum absolute atomic E-state index is 0.138. The van der Waals surface area contributed by atoms with Gasteiger partial charge in [0.05, 0.1) is 7.11 Å². The molecule has 0 bridgehead atoms. The third-order valence-corrected chi connectivity index (χ3v) is 4.81. The van der Waals surface area contributed by atoms with Crippen molar-refractivity contribution in [2.75, 3.05) is 32.3 Å². The van der Waals surface area contributed by atoms with E-state index in [0.29, 0.717) is 42.4 Å². The van der Waals surface area contributed by atoms with Crippen LogP contribution in [0.25, 0.3) is 0 Å². The van der Waals surface area contributed by atoms with Gasteiger partial charge < -0.3 is 24.8 Å². The highest BCUT2D eigenvalue weighted by molar-refractivity contribution is 5.95. The summed E-state index contributed by atoms with van der Waals surface area (Å²) < 4.78 is 15.4. The van der Waals surface area contributed by atoms with E-state index in [-0.39, 0.29) is 18.1 Å². The van der Waals surface area contributed by atoms with Crippen LogP contribution in [-0.4, -0.2) is 43.9 Å². The minimum Gasteiger partial charge on any atom is -0.454 e. The normalized spacial score (nSPS) is 12.4. The Morgan fingerprint density at radius 3 is 2.67 bits per heavy atom. The summed E-state index contributed by atoms with van der Waals surface area (Å²) in [6.07, 6.45) is -0.551. The van der Waals surface area contributed by atoms with Gasteiger partial charge in [-0.2, -0.15) is 0 Å². The van der Waals surface area contributed by atoms with Crippen LogP contribution in [0.15, 0.2) is 42.5 Å². The first kappa shape index (κ1) is 21.4. The molecule has 0 aromatic heterocycles. The second kappa shape index (κ2) is 9.04. The molecule has 3 rings (SSSR count). The number of amides is 2. The van der Waals surface area contributed by atoms with E-state index >= 15 is 0 Å². The van der Waals surface area contributed by atoms with E-state index in [1.165, 1.54) is 7.11 Å². The van der Waals surface area contributed by atoms with E-state index in [1.807, 2.05) is 32.0 Å². The molecule has 0 spiro atoms. The van der Waals surface area contributed by atoms with Gasteiger partial charge in [-0.3, -0.25) is 10.1 Å². The van der Waals surface area contributed by atoms with Crippen molar-refractivity contribution < 1.29 is 23.8 Å². The van der Waals surface area contributed by atoms with Gasteiger partial charge in [-0.25, -0.2) is 4.79 Å². The Balaban J connectivity index is 1.85. The molecular formula is C22H27N3O5. The number of fused-ring (bicyclic) bond motifs is 1. The maximum absolute atomic E-state index is 13.4. The molecule has 0 saturated heterocycles. The smallest absolute Gasteiger partial charge is 0.411 e. The van der Waals surface area contributed by atoms with Gasteiger partial charge in [0.25, 0.3) is 5.91 Å². The molecule has 2 aromatic rings. The van der Waals surface area contributed by atoms with Crippen molar-refractivity contribution in [1.82, 2.24) is 4.90 Å². The average Bonchev–Trinajstić information content (AvgIpc) is 3.20. The van der Waals surface area contributed by atoms with Gasteiger partial charge in [0.15, 0.2) is 11.5 Å². The molecule has 1 heterocycles. The number of ether oxygens (including phenoxy) is 3. The van der Waals surface area contributed by atoms with Crippen molar-refractivity contribution in [3.05, 3.63) is 53.6 Å². The van der Waals surface area contributed by atoms with Crippen LogP contribution in [0.4, 0.5) is 10.5 Å². The van der Waals surface area contributed by atoms with Crippen LogP contribution >= 0.6 is 0 Å². The van der Waals surface area contributed by atoms with E-state index in [2.05, 4.69) is 10.1 Å². The lowest BCUT2D eigenvalue weighted by molar-refractivity contribution is 0.0673. The van der Waals surface area contributed by atoms with Crippen molar-refractivity contribution in [1.29, 1.82) is 0 Å². The van der Waals surface area contributed by atoms with Crippen LogP contribution in [-0.2, 0) is 11.3 Å². The zero-order valence-electron chi connectivity index (χ0n) is 17.4. The Bertz CT molecular complexity index is 929. The molecule has 0 radical (unpaired) electrons. The van der Waals surface area contributed by atoms with Crippen LogP contribution in [0.1, 0.15) is 29.8 Å². The fourth-order valence-electron chi connectivity index (χ4n) is 3.13. The molecule has 0 fully saturated rings. The molecule has 30 heavy (non-hydrogen) atoms. The lowest BCUT2D eigenvalue weighted by Gasteiger charge is -2.32. The van der Waals surface area contributed by atoms with E-state index in [1.54, 1.807) is 29.2 Å². The molecule has 0 atom stereocenters. The van der Waals surface area contributed by atoms with E-state index < -0.39 is 6.09 Å². The molecule has 3 N–H and O–H groups in total. The quantitative estimate of drug-likeness (QED) is 0.722. The van der Waals surface area contributed by atoms with Gasteiger partial charge in [-0.15, -0.1) is 0 Å². The van der Waals surface area contributed by atoms with Gasteiger partial charge in [-0.1, -0.05) is 26.0 Å². The number of nitrogens with one attached hydrogen (secondary N) is 1. The highest BCUT2D eigenvalue weighted by Crippen LogP contribution is 2.33. The Hall–Kier alpha value is -3.26. The first-order valence-electron chi connectivity index (χ1n) is 9.64. The standard InChI is InChI=1S/C22H27N3O5/c1-22(2,12-23)13-25(11-15-5-4-6-17(9-15)24-21(27)28-3)20(26)16-7-8-18-19(10-16)30-14-29-18/h4-10H,11-14,23H2,1-3H3,(H,24,27). The number of hydrogen-bond acceptors (Lipinski definition) is 6. The number of benzene rings is 2. The molecule has 1 aliphatic heterocycles. The maximum Gasteiger partial charge on any atom is 0.411 e. The number of nitrogens with two attached hydrogens (primary N) is 1. The molecule has 0 saturated carbocycles. The second-order valence-corrected chi connectivity index (χ2v) is 7.91. The number of methoxy groups -OCH3 is 1. The second-order valence-electron chi connectivity index (χ2n) is 7.91. The minimum atomic E-state index is -0.551. The maximum atomic E-state index is 13.4. The first-order valence-corrected chi connectivity index (χ1v) is 9.64. The first-order chi connectivity index (χ1) is 14.3. The zero-order chi connectivity index (χ0) is 21.7. The van der Waals surface area contributed by atoms with E-state index in [9.17, 15) is 9.59 Å². The highest BCUT2D eigenvalue weighted by Gasteiger charge is 2.26. The van der Waals surface area contributed by atoms with Crippen molar-refractivity contribution >= 4 is 17.7 Å². The van der Waals surface area contributed by atoms with Crippen LogP contribution in [0.2, 0.25) is 0 Å². The van der Waals surface area contributed by atoms with E-state index in [0.717, 1.165) is 5.56 Å². The molecule has 2 aromatic carbocycles. The van der Waals surface area contributed by atoms with Crippen molar-refractivity contribution in [2.24, 2.45) is 11.1 Å². The topological polar surface area (TPSA) is 103 Å². The number of anilines is 1. The lowest BCUT2D eigenvalue weighted by atomic mass is 9.92. The Kier molecular flexibility index (Phi) is 6.47. The van der Waals surface area contributed by atoms with Crippen LogP contribution < -0.4 is 20.5 Å². The summed E-state index contributed by atoms with van der Waals surface area (Å²) in [5, 5.41) is 2.64. The monoisotopic (exact) mass is 413 g/mol. The van der Waals surface area contributed by atoms with Gasteiger partial charge in [0.2, 0.25) is 6.79 Å². The molecule has 160 valence electrons. The fourth-order valence-corrected chi connectivity index (χ4v) is 3.13. The van der Waals surface area contributed by atoms with Gasteiger partial charge in [-0.05, 0) is 47.9 Å². The molecular weight excluding hydrogens is 386 g/mol. The Labute approximate surface area is 175 Å². The predicted octanol–water partition coefficient (Wildman–Crippen LogP) is 3.22. The molecule has 8 nitrogen and oxygen atoms in total. The Morgan fingerprint density at radius 2 is 1.93 bits per heavy atom. The van der Waals surface area contributed by atoms with Gasteiger partial charge in [0, 0.05) is 24.3 Å². The summed E-state index contributed by atoms with van der Waals surface area (Å²) in [4.78, 5) is 26.6.